The van der Waals surface area contributed by atoms with E-state index in [1.165, 1.54) is 6.07 Å². The zero-order valence-corrected chi connectivity index (χ0v) is 13.7. The molecule has 1 aromatic carbocycles. The van der Waals surface area contributed by atoms with Crippen LogP contribution in [0.25, 0.3) is 33.8 Å². The fourth-order valence-corrected chi connectivity index (χ4v) is 2.90. The van der Waals surface area contributed by atoms with Gasteiger partial charge in [-0.15, -0.1) is 0 Å². The molecule has 0 saturated heterocycles. The van der Waals surface area contributed by atoms with Crippen molar-refractivity contribution in [1.82, 2.24) is 15.0 Å². The predicted octanol–water partition coefficient (Wildman–Crippen LogP) is 4.28. The lowest BCUT2D eigenvalue weighted by Crippen LogP contribution is -1.95. The van der Waals surface area contributed by atoms with E-state index < -0.39 is 0 Å². The number of phenolic OH excluding ortho intramolecular Hbond substituents is 2. The van der Waals surface area contributed by atoms with Gasteiger partial charge in [-0.1, -0.05) is 12.1 Å². The SMILES string of the molecule is Oc1cc(O)cc(-c2cccnc2-c2ncccc2-c2ccccn2)c1. The summed E-state index contributed by atoms with van der Waals surface area (Å²) in [6, 6.07) is 17.7. The zero-order chi connectivity index (χ0) is 17.9. The lowest BCUT2D eigenvalue weighted by atomic mass is 9.98. The Kier molecular flexibility index (Phi) is 4.03. The summed E-state index contributed by atoms with van der Waals surface area (Å²) >= 11 is 0. The Morgan fingerprint density at radius 3 is 1.85 bits per heavy atom. The van der Waals surface area contributed by atoms with E-state index >= 15 is 0 Å². The first-order valence-electron chi connectivity index (χ1n) is 8.07. The number of hydrogen-bond donors (Lipinski definition) is 2. The van der Waals surface area contributed by atoms with Crippen LogP contribution in [-0.4, -0.2) is 25.2 Å². The van der Waals surface area contributed by atoms with Gasteiger partial charge in [-0.05, 0) is 48.0 Å². The number of phenols is 2. The summed E-state index contributed by atoms with van der Waals surface area (Å²) in [5.74, 6) is -0.0263. The van der Waals surface area contributed by atoms with Crippen molar-refractivity contribution in [3.8, 4) is 45.3 Å². The molecule has 0 aliphatic carbocycles. The van der Waals surface area contributed by atoms with Crippen LogP contribution >= 0.6 is 0 Å². The second-order valence-corrected chi connectivity index (χ2v) is 5.75. The molecule has 0 unspecified atom stereocenters. The highest BCUT2D eigenvalue weighted by Gasteiger charge is 2.16. The van der Waals surface area contributed by atoms with Crippen molar-refractivity contribution in [2.75, 3.05) is 0 Å². The quantitative estimate of drug-likeness (QED) is 0.581. The minimum Gasteiger partial charge on any atom is -0.508 e. The largest absolute Gasteiger partial charge is 0.508 e. The van der Waals surface area contributed by atoms with E-state index in [2.05, 4.69) is 15.0 Å². The first kappa shape index (κ1) is 15.8. The highest BCUT2D eigenvalue weighted by molar-refractivity contribution is 5.87. The second kappa shape index (κ2) is 6.64. The fourth-order valence-electron chi connectivity index (χ4n) is 2.90. The van der Waals surface area contributed by atoms with E-state index in [4.69, 9.17) is 0 Å². The molecular formula is C21H15N3O2. The summed E-state index contributed by atoms with van der Waals surface area (Å²) in [5.41, 5.74) is 4.41. The number of nitrogens with zero attached hydrogens (tertiary/aromatic N) is 3. The van der Waals surface area contributed by atoms with Gasteiger partial charge in [0.05, 0.1) is 17.1 Å². The maximum Gasteiger partial charge on any atom is 0.119 e. The van der Waals surface area contributed by atoms with Crippen molar-refractivity contribution in [2.45, 2.75) is 0 Å². The Morgan fingerprint density at radius 1 is 0.577 bits per heavy atom. The Labute approximate surface area is 150 Å². The van der Waals surface area contributed by atoms with Crippen LogP contribution in [0.15, 0.2) is 79.3 Å². The van der Waals surface area contributed by atoms with Gasteiger partial charge in [0, 0.05) is 35.8 Å². The van der Waals surface area contributed by atoms with Crippen LogP contribution in [0.4, 0.5) is 0 Å². The van der Waals surface area contributed by atoms with Crippen molar-refractivity contribution < 1.29 is 10.2 Å². The highest BCUT2D eigenvalue weighted by atomic mass is 16.3. The second-order valence-electron chi connectivity index (χ2n) is 5.75. The molecule has 5 nitrogen and oxygen atoms in total. The van der Waals surface area contributed by atoms with Crippen molar-refractivity contribution in [2.24, 2.45) is 0 Å². The molecule has 0 amide bonds. The van der Waals surface area contributed by atoms with Gasteiger partial charge in [0.15, 0.2) is 0 Å². The number of rotatable bonds is 3. The van der Waals surface area contributed by atoms with Crippen LogP contribution in [-0.2, 0) is 0 Å². The molecule has 26 heavy (non-hydrogen) atoms. The third kappa shape index (κ3) is 2.98. The molecule has 3 heterocycles. The molecule has 0 atom stereocenters. The predicted molar refractivity (Wildman–Crippen MR) is 99.5 cm³/mol. The maximum absolute atomic E-state index is 9.84. The van der Waals surface area contributed by atoms with Gasteiger partial charge in [-0.3, -0.25) is 15.0 Å². The number of aromatic nitrogens is 3. The number of benzene rings is 1. The molecule has 4 rings (SSSR count). The normalized spacial score (nSPS) is 10.6. The van der Waals surface area contributed by atoms with E-state index in [0.717, 1.165) is 16.8 Å². The van der Waals surface area contributed by atoms with E-state index in [0.29, 0.717) is 17.0 Å². The van der Waals surface area contributed by atoms with Crippen molar-refractivity contribution in [1.29, 1.82) is 0 Å². The average molecular weight is 341 g/mol. The van der Waals surface area contributed by atoms with Gasteiger partial charge < -0.3 is 10.2 Å². The fraction of sp³-hybridized carbons (Fsp3) is 0. The van der Waals surface area contributed by atoms with Gasteiger partial charge >= 0.3 is 0 Å². The molecule has 0 aliphatic heterocycles. The van der Waals surface area contributed by atoms with Crippen LogP contribution in [0.2, 0.25) is 0 Å². The van der Waals surface area contributed by atoms with E-state index in [9.17, 15) is 10.2 Å². The van der Waals surface area contributed by atoms with Crippen LogP contribution in [0.1, 0.15) is 0 Å². The van der Waals surface area contributed by atoms with Gasteiger partial charge in [-0.25, -0.2) is 0 Å². The van der Waals surface area contributed by atoms with Crippen molar-refractivity contribution in [3.63, 3.8) is 0 Å². The molecule has 4 aromatic rings. The third-order valence-electron chi connectivity index (χ3n) is 3.99. The Morgan fingerprint density at radius 2 is 1.19 bits per heavy atom. The Bertz CT molecular complexity index is 1050. The third-order valence-corrected chi connectivity index (χ3v) is 3.99. The first-order valence-corrected chi connectivity index (χ1v) is 8.07. The number of pyridine rings is 3. The van der Waals surface area contributed by atoms with Gasteiger partial charge in [-0.2, -0.15) is 0 Å². The summed E-state index contributed by atoms with van der Waals surface area (Å²) in [7, 11) is 0. The highest BCUT2D eigenvalue weighted by Crippen LogP contribution is 2.36. The lowest BCUT2D eigenvalue weighted by molar-refractivity contribution is 0.451. The van der Waals surface area contributed by atoms with E-state index in [1.807, 2.05) is 42.5 Å². The standard InChI is InChI=1S/C21H15N3O2/c25-15-11-14(12-16(26)13-15)17-5-3-9-23-20(17)21-18(6-4-10-24-21)19-7-1-2-8-22-19/h1-13,25-26H. The molecule has 5 heteroatoms. The molecule has 0 bridgehead atoms. The summed E-state index contributed by atoms with van der Waals surface area (Å²) < 4.78 is 0. The topological polar surface area (TPSA) is 79.1 Å². The monoisotopic (exact) mass is 341 g/mol. The van der Waals surface area contributed by atoms with E-state index in [1.54, 1.807) is 30.7 Å². The minimum atomic E-state index is -0.0132. The smallest absolute Gasteiger partial charge is 0.119 e. The van der Waals surface area contributed by atoms with Crippen LogP contribution < -0.4 is 0 Å². The molecular weight excluding hydrogens is 326 g/mol. The maximum atomic E-state index is 9.84. The Balaban J connectivity index is 1.94. The lowest BCUT2D eigenvalue weighted by Gasteiger charge is -2.12. The summed E-state index contributed by atoms with van der Waals surface area (Å²) in [5, 5.41) is 19.7. The number of aromatic hydroxyl groups is 2. The molecule has 0 spiro atoms. The molecule has 2 N–H and O–H groups in total. The minimum absolute atomic E-state index is 0.0132. The van der Waals surface area contributed by atoms with Gasteiger partial charge in [0.1, 0.15) is 11.5 Å². The average Bonchev–Trinajstić information content (AvgIpc) is 2.68. The molecule has 0 radical (unpaired) electrons. The summed E-state index contributed by atoms with van der Waals surface area (Å²) in [6.07, 6.45) is 5.14. The summed E-state index contributed by atoms with van der Waals surface area (Å²) in [4.78, 5) is 13.5. The molecule has 0 aliphatic rings. The Hall–Kier alpha value is -3.73. The van der Waals surface area contributed by atoms with Gasteiger partial charge in [0.2, 0.25) is 0 Å². The zero-order valence-electron chi connectivity index (χ0n) is 13.7. The number of hydrogen-bond acceptors (Lipinski definition) is 5. The van der Waals surface area contributed by atoms with Crippen LogP contribution in [0.5, 0.6) is 11.5 Å². The first-order chi connectivity index (χ1) is 12.7. The molecule has 0 saturated carbocycles. The van der Waals surface area contributed by atoms with Gasteiger partial charge in [0.25, 0.3) is 0 Å². The van der Waals surface area contributed by atoms with E-state index in [-0.39, 0.29) is 11.5 Å². The molecule has 0 fully saturated rings. The van der Waals surface area contributed by atoms with Crippen LogP contribution in [0, 0.1) is 0 Å². The van der Waals surface area contributed by atoms with Crippen molar-refractivity contribution in [3.05, 3.63) is 79.3 Å². The molecule has 3 aromatic heterocycles. The molecule has 126 valence electrons. The van der Waals surface area contributed by atoms with Crippen molar-refractivity contribution >= 4 is 0 Å². The van der Waals surface area contributed by atoms with Crippen LogP contribution in [0.3, 0.4) is 0 Å². The summed E-state index contributed by atoms with van der Waals surface area (Å²) in [6.45, 7) is 0.